The van der Waals surface area contributed by atoms with Crippen molar-refractivity contribution in [1.82, 2.24) is 10.2 Å². The average Bonchev–Trinajstić information content (AvgIpc) is 2.83. The summed E-state index contributed by atoms with van der Waals surface area (Å²) >= 11 is 1.95. The van der Waals surface area contributed by atoms with E-state index in [-0.39, 0.29) is 0 Å². The van der Waals surface area contributed by atoms with Gasteiger partial charge in [-0.3, -0.25) is 4.90 Å². The summed E-state index contributed by atoms with van der Waals surface area (Å²) in [7, 11) is 0. The molecule has 0 aromatic carbocycles. The molecule has 0 radical (unpaired) electrons. The Kier molecular flexibility index (Phi) is 5.87. The van der Waals surface area contributed by atoms with Gasteiger partial charge < -0.3 is 5.32 Å². The van der Waals surface area contributed by atoms with Crippen LogP contribution in [0.1, 0.15) is 44.4 Å². The van der Waals surface area contributed by atoms with Gasteiger partial charge in [0.05, 0.1) is 0 Å². The van der Waals surface area contributed by atoms with Crippen molar-refractivity contribution in [3.05, 3.63) is 21.9 Å². The molecule has 0 amide bonds. The minimum atomic E-state index is 0.624. The van der Waals surface area contributed by atoms with Crippen LogP contribution in [-0.2, 0) is 6.42 Å². The molecule has 0 bridgehead atoms. The molecule has 0 spiro atoms. The van der Waals surface area contributed by atoms with Crippen molar-refractivity contribution >= 4 is 11.3 Å². The van der Waals surface area contributed by atoms with Gasteiger partial charge in [-0.1, -0.05) is 27.7 Å². The van der Waals surface area contributed by atoms with E-state index in [1.54, 1.807) is 0 Å². The first kappa shape index (κ1) is 17.0. The molecule has 2 rings (SSSR count). The number of nitrogens with zero attached hydrogens (tertiary/aromatic N) is 1. The Morgan fingerprint density at radius 1 is 1.19 bits per heavy atom. The summed E-state index contributed by atoms with van der Waals surface area (Å²) in [6.45, 7) is 16.3. The molecule has 21 heavy (non-hydrogen) atoms. The molecule has 3 heteroatoms. The maximum absolute atomic E-state index is 3.76. The molecule has 3 unspecified atom stereocenters. The second-order valence-corrected chi connectivity index (χ2v) is 8.70. The van der Waals surface area contributed by atoms with E-state index in [1.165, 1.54) is 22.7 Å². The van der Waals surface area contributed by atoms with Crippen LogP contribution >= 0.6 is 11.3 Å². The first-order valence-corrected chi connectivity index (χ1v) is 9.24. The highest BCUT2D eigenvalue weighted by Gasteiger charge is 2.33. The Bertz CT molecular complexity index is 438. The van der Waals surface area contributed by atoms with E-state index in [0.717, 1.165) is 6.54 Å². The number of nitrogens with one attached hydrogen (secondary N) is 1. The van der Waals surface area contributed by atoms with Crippen molar-refractivity contribution in [3.63, 3.8) is 0 Å². The van der Waals surface area contributed by atoms with Gasteiger partial charge in [-0.2, -0.15) is 0 Å². The first-order chi connectivity index (χ1) is 9.88. The molecule has 1 aromatic heterocycles. The van der Waals surface area contributed by atoms with E-state index in [0.29, 0.717) is 30.0 Å². The van der Waals surface area contributed by atoms with Crippen LogP contribution in [0.25, 0.3) is 0 Å². The zero-order valence-electron chi connectivity index (χ0n) is 14.5. The maximum Gasteiger partial charge on any atom is 0.0247 e. The number of aryl methyl sites for hydroxylation is 1. The molecule has 1 aliphatic heterocycles. The monoisotopic (exact) mass is 308 g/mol. The Labute approximate surface area is 134 Å². The van der Waals surface area contributed by atoms with Gasteiger partial charge in [0.1, 0.15) is 0 Å². The molecule has 1 fully saturated rings. The highest BCUT2D eigenvalue weighted by molar-refractivity contribution is 7.11. The lowest BCUT2D eigenvalue weighted by molar-refractivity contribution is 0.0521. The van der Waals surface area contributed by atoms with E-state index in [4.69, 9.17) is 0 Å². The summed E-state index contributed by atoms with van der Waals surface area (Å²) in [4.78, 5) is 5.72. The van der Waals surface area contributed by atoms with Gasteiger partial charge in [-0.15, -0.1) is 11.3 Å². The van der Waals surface area contributed by atoms with E-state index in [2.05, 4.69) is 63.9 Å². The summed E-state index contributed by atoms with van der Waals surface area (Å²) in [5.74, 6) is 1.41. The summed E-state index contributed by atoms with van der Waals surface area (Å²) in [6.07, 6.45) is 1.19. The molecule has 2 nitrogen and oxygen atoms in total. The predicted molar refractivity (Wildman–Crippen MR) is 94.2 cm³/mol. The molecule has 0 saturated carbocycles. The van der Waals surface area contributed by atoms with Crippen LogP contribution in [0.4, 0.5) is 0 Å². The van der Waals surface area contributed by atoms with E-state index in [9.17, 15) is 0 Å². The van der Waals surface area contributed by atoms with Crippen molar-refractivity contribution in [1.29, 1.82) is 0 Å². The third-order valence-electron chi connectivity index (χ3n) is 4.86. The predicted octanol–water partition coefficient (Wildman–Crippen LogP) is 3.94. The lowest BCUT2D eigenvalue weighted by Gasteiger charge is -2.46. The molecule has 1 aliphatic rings. The smallest absolute Gasteiger partial charge is 0.0247 e. The second kappa shape index (κ2) is 7.26. The molecule has 2 heterocycles. The van der Waals surface area contributed by atoms with Crippen molar-refractivity contribution in [2.75, 3.05) is 13.1 Å². The van der Waals surface area contributed by atoms with Crippen molar-refractivity contribution in [2.45, 2.75) is 66.1 Å². The number of thiophene rings is 1. The third-order valence-corrected chi connectivity index (χ3v) is 5.88. The molecular weight excluding hydrogens is 276 g/mol. The highest BCUT2D eigenvalue weighted by Crippen LogP contribution is 2.24. The summed E-state index contributed by atoms with van der Waals surface area (Å²) in [5, 5.41) is 3.76. The van der Waals surface area contributed by atoms with Gasteiger partial charge >= 0.3 is 0 Å². The fourth-order valence-electron chi connectivity index (χ4n) is 3.39. The Hall–Kier alpha value is -0.380. The molecule has 3 atom stereocenters. The van der Waals surface area contributed by atoms with Gasteiger partial charge in [-0.05, 0) is 44.2 Å². The maximum atomic E-state index is 3.76. The Morgan fingerprint density at radius 3 is 2.43 bits per heavy atom. The summed E-state index contributed by atoms with van der Waals surface area (Å²) in [5.41, 5.74) is 0. The second-order valence-electron chi connectivity index (χ2n) is 7.33. The molecular formula is C18H32N2S. The van der Waals surface area contributed by atoms with Crippen LogP contribution in [0.5, 0.6) is 0 Å². The number of hydrogen-bond donors (Lipinski definition) is 1. The van der Waals surface area contributed by atoms with Crippen LogP contribution in [0.2, 0.25) is 0 Å². The van der Waals surface area contributed by atoms with Crippen LogP contribution < -0.4 is 5.32 Å². The van der Waals surface area contributed by atoms with Crippen LogP contribution in [0.15, 0.2) is 12.1 Å². The van der Waals surface area contributed by atoms with E-state index < -0.39 is 0 Å². The number of hydrogen-bond acceptors (Lipinski definition) is 3. The van der Waals surface area contributed by atoms with E-state index in [1.807, 2.05) is 11.3 Å². The zero-order chi connectivity index (χ0) is 15.6. The first-order valence-electron chi connectivity index (χ1n) is 8.43. The molecule has 1 N–H and O–H groups in total. The zero-order valence-corrected chi connectivity index (χ0v) is 15.3. The summed E-state index contributed by atoms with van der Waals surface area (Å²) in [6, 6.07) is 6.48. The standard InChI is InChI=1S/C18H32N2S/c1-12(2)17-11-20(18(10-19-17)13(3)4)14(5)9-16-8-7-15(6)21-16/h7-8,12-14,17-19H,9-11H2,1-6H3. The fraction of sp³-hybridized carbons (Fsp3) is 0.778. The van der Waals surface area contributed by atoms with Crippen LogP contribution in [0, 0.1) is 18.8 Å². The van der Waals surface area contributed by atoms with Crippen molar-refractivity contribution < 1.29 is 0 Å². The van der Waals surface area contributed by atoms with Gasteiger partial charge in [0.2, 0.25) is 0 Å². The molecule has 120 valence electrons. The van der Waals surface area contributed by atoms with Crippen molar-refractivity contribution in [2.24, 2.45) is 11.8 Å². The molecule has 0 aliphatic carbocycles. The topological polar surface area (TPSA) is 15.3 Å². The van der Waals surface area contributed by atoms with Gasteiger partial charge in [0.15, 0.2) is 0 Å². The van der Waals surface area contributed by atoms with Crippen molar-refractivity contribution in [3.8, 4) is 0 Å². The van der Waals surface area contributed by atoms with Gasteiger partial charge in [0, 0.05) is 41.0 Å². The summed E-state index contributed by atoms with van der Waals surface area (Å²) < 4.78 is 0. The highest BCUT2D eigenvalue weighted by atomic mass is 32.1. The van der Waals surface area contributed by atoms with Crippen LogP contribution in [0.3, 0.4) is 0 Å². The largest absolute Gasteiger partial charge is 0.311 e. The number of piperazine rings is 1. The Balaban J connectivity index is 2.07. The minimum absolute atomic E-state index is 0.624. The molecule has 1 aromatic rings. The average molecular weight is 309 g/mol. The molecule has 1 saturated heterocycles. The SMILES string of the molecule is Cc1ccc(CC(C)N2CC(C(C)C)NCC2C(C)C)s1. The number of rotatable bonds is 5. The minimum Gasteiger partial charge on any atom is -0.311 e. The van der Waals surface area contributed by atoms with Gasteiger partial charge in [0.25, 0.3) is 0 Å². The lowest BCUT2D eigenvalue weighted by Crippen LogP contribution is -2.62. The fourth-order valence-corrected chi connectivity index (χ4v) is 4.40. The normalized spacial score (nSPS) is 25.7. The van der Waals surface area contributed by atoms with Crippen LogP contribution in [-0.4, -0.2) is 36.1 Å². The van der Waals surface area contributed by atoms with Gasteiger partial charge in [-0.25, -0.2) is 0 Å². The third kappa shape index (κ3) is 4.30. The quantitative estimate of drug-likeness (QED) is 0.886. The lowest BCUT2D eigenvalue weighted by atomic mass is 9.92. The van der Waals surface area contributed by atoms with E-state index >= 15 is 0 Å². The Morgan fingerprint density at radius 2 is 1.90 bits per heavy atom.